The third-order valence-corrected chi connectivity index (χ3v) is 5.05. The van der Waals surface area contributed by atoms with Crippen LogP contribution >= 0.6 is 0 Å². The Labute approximate surface area is 166 Å². The van der Waals surface area contributed by atoms with Crippen LogP contribution in [0, 0.1) is 35.0 Å². The van der Waals surface area contributed by atoms with Crippen molar-refractivity contribution in [1.29, 1.82) is 0 Å². The summed E-state index contributed by atoms with van der Waals surface area (Å²) in [6.07, 6.45) is -1.43. The van der Waals surface area contributed by atoms with Crippen molar-refractivity contribution in [2.24, 2.45) is 5.92 Å². The van der Waals surface area contributed by atoms with Gasteiger partial charge in [0.15, 0.2) is 17.5 Å². The molecule has 1 aliphatic rings. The first-order valence-electron chi connectivity index (χ1n) is 8.79. The number of alkyl halides is 2. The minimum absolute atomic E-state index is 0. The molecule has 29 heavy (non-hydrogen) atoms. The molecule has 162 valence electrons. The second-order valence-electron chi connectivity index (χ2n) is 7.14. The van der Waals surface area contributed by atoms with Crippen LogP contribution in [0.15, 0.2) is 24.3 Å². The number of ether oxygens (including phenoxy) is 1. The fourth-order valence-corrected chi connectivity index (χ4v) is 3.49. The first-order chi connectivity index (χ1) is 13.1. The van der Waals surface area contributed by atoms with E-state index in [0.717, 1.165) is 25.0 Å². The quantitative estimate of drug-likeness (QED) is 0.361. The molecular formula is C21H23F7O. The molecule has 1 aliphatic carbocycles. The zero-order chi connectivity index (χ0) is 20.6. The highest BCUT2D eigenvalue weighted by Crippen LogP contribution is 2.40. The van der Waals surface area contributed by atoms with Crippen LogP contribution in [0.1, 0.15) is 58.5 Å². The third-order valence-electron chi connectivity index (χ3n) is 5.05. The Balaban J connectivity index is 0.00000225. The van der Waals surface area contributed by atoms with Gasteiger partial charge in [-0.15, -0.1) is 0 Å². The van der Waals surface area contributed by atoms with Crippen molar-refractivity contribution in [3.63, 3.8) is 0 Å². The maximum Gasteiger partial charge on any atom is 0.432 e. The van der Waals surface area contributed by atoms with Crippen LogP contribution in [-0.2, 0) is 6.11 Å². The maximum absolute atomic E-state index is 14.4. The smallest absolute Gasteiger partial charge is 0.429 e. The Hall–Kier alpha value is -2.25. The molecule has 0 amide bonds. The van der Waals surface area contributed by atoms with Crippen LogP contribution in [0.25, 0.3) is 0 Å². The van der Waals surface area contributed by atoms with Crippen molar-refractivity contribution in [3.05, 3.63) is 64.5 Å². The van der Waals surface area contributed by atoms with Crippen LogP contribution in [0.5, 0.6) is 5.75 Å². The van der Waals surface area contributed by atoms with E-state index >= 15 is 0 Å². The van der Waals surface area contributed by atoms with E-state index in [4.69, 9.17) is 0 Å². The zero-order valence-corrected chi connectivity index (χ0v) is 14.8. The summed E-state index contributed by atoms with van der Waals surface area (Å²) in [5.74, 6) is -9.21. The number of halogens is 7. The van der Waals surface area contributed by atoms with Crippen molar-refractivity contribution in [3.8, 4) is 5.75 Å². The molecule has 2 aromatic rings. The second kappa shape index (κ2) is 8.63. The first-order valence-corrected chi connectivity index (χ1v) is 8.79. The molecule has 0 atom stereocenters. The van der Waals surface area contributed by atoms with Gasteiger partial charge in [-0.3, -0.25) is 0 Å². The highest BCUT2D eigenvalue weighted by atomic mass is 19.3. The second-order valence-corrected chi connectivity index (χ2v) is 7.14. The summed E-state index contributed by atoms with van der Waals surface area (Å²) in [4.78, 5) is 0. The van der Waals surface area contributed by atoms with Crippen LogP contribution in [-0.4, -0.2) is 0 Å². The molecule has 0 N–H and O–H groups in total. The highest BCUT2D eigenvalue weighted by Gasteiger charge is 2.42. The normalized spacial score (nSPS) is 19.6. The molecule has 0 spiro atoms. The lowest BCUT2D eigenvalue weighted by molar-refractivity contribution is -0.189. The Bertz CT molecular complexity index is 834. The molecule has 0 aliphatic heterocycles. The molecule has 0 heterocycles. The summed E-state index contributed by atoms with van der Waals surface area (Å²) < 4.78 is 101. The molecule has 0 radical (unpaired) electrons. The van der Waals surface area contributed by atoms with Gasteiger partial charge in [0.05, 0.1) is 0 Å². The zero-order valence-electron chi connectivity index (χ0n) is 14.8. The SMILES string of the molecule is C.CC1CCC(c2cc(F)c(C(F)(F)Oc3cc(F)c(F)c(F)c3)c(F)c2)CC1.[HH]. The average Bonchev–Trinajstić information content (AvgIpc) is 2.59. The summed E-state index contributed by atoms with van der Waals surface area (Å²) in [5.41, 5.74) is -1.40. The molecule has 0 unspecified atom stereocenters. The molecular weight excluding hydrogens is 401 g/mol. The summed E-state index contributed by atoms with van der Waals surface area (Å²) in [6, 6.07) is 2.00. The Morgan fingerprint density at radius 3 is 1.79 bits per heavy atom. The molecule has 1 saturated carbocycles. The lowest BCUT2D eigenvalue weighted by Crippen LogP contribution is -2.26. The van der Waals surface area contributed by atoms with Gasteiger partial charge >= 0.3 is 6.11 Å². The summed E-state index contributed by atoms with van der Waals surface area (Å²) in [5, 5.41) is 0. The fraction of sp³-hybridized carbons (Fsp3) is 0.429. The van der Waals surface area contributed by atoms with E-state index in [1.807, 2.05) is 0 Å². The minimum atomic E-state index is -4.56. The fourth-order valence-electron chi connectivity index (χ4n) is 3.49. The van der Waals surface area contributed by atoms with Gasteiger partial charge in [-0.1, -0.05) is 27.2 Å². The molecule has 2 aromatic carbocycles. The Kier molecular flexibility index (Phi) is 6.86. The van der Waals surface area contributed by atoms with Crippen LogP contribution < -0.4 is 4.74 Å². The first kappa shape index (κ1) is 23.0. The van der Waals surface area contributed by atoms with Crippen molar-refractivity contribution in [2.45, 2.75) is 52.1 Å². The third kappa shape index (κ3) is 4.85. The lowest BCUT2D eigenvalue weighted by Gasteiger charge is -2.27. The average molecular weight is 424 g/mol. The summed E-state index contributed by atoms with van der Waals surface area (Å²) in [7, 11) is 0. The molecule has 0 aromatic heterocycles. The van der Waals surface area contributed by atoms with Gasteiger partial charge < -0.3 is 4.74 Å². The molecule has 0 saturated heterocycles. The van der Waals surface area contributed by atoms with E-state index in [2.05, 4.69) is 11.7 Å². The summed E-state index contributed by atoms with van der Waals surface area (Å²) >= 11 is 0. The number of benzene rings is 2. The Morgan fingerprint density at radius 2 is 1.31 bits per heavy atom. The molecule has 0 bridgehead atoms. The number of rotatable bonds is 4. The number of hydrogen-bond donors (Lipinski definition) is 0. The molecule has 1 nitrogen and oxygen atoms in total. The van der Waals surface area contributed by atoms with Crippen molar-refractivity contribution in [2.75, 3.05) is 0 Å². The topological polar surface area (TPSA) is 9.23 Å². The summed E-state index contributed by atoms with van der Waals surface area (Å²) in [6.45, 7) is 2.07. The monoisotopic (exact) mass is 424 g/mol. The van der Waals surface area contributed by atoms with Crippen LogP contribution in [0.3, 0.4) is 0 Å². The van der Waals surface area contributed by atoms with Gasteiger partial charge in [0.1, 0.15) is 22.9 Å². The van der Waals surface area contributed by atoms with Gasteiger partial charge in [-0.25, -0.2) is 22.0 Å². The predicted molar refractivity (Wildman–Crippen MR) is 96.4 cm³/mol. The predicted octanol–water partition coefficient (Wildman–Crippen LogP) is 7.69. The number of hydrogen-bond acceptors (Lipinski definition) is 1. The van der Waals surface area contributed by atoms with Gasteiger partial charge in [0.2, 0.25) is 0 Å². The van der Waals surface area contributed by atoms with Crippen molar-refractivity contribution >= 4 is 0 Å². The van der Waals surface area contributed by atoms with Gasteiger partial charge in [-0.05, 0) is 42.4 Å². The van der Waals surface area contributed by atoms with E-state index in [9.17, 15) is 30.7 Å². The molecule has 1 fully saturated rings. The molecule has 3 rings (SSSR count). The standard InChI is InChI=1S/C20H17F7O.CH4.H2/c1-10-2-4-11(5-3-10)12-6-14(21)18(15(22)7-12)20(26,27)28-13-8-16(23)19(25)17(24)9-13;;/h6-11H,2-5H2,1H3;1H4;1H. The largest absolute Gasteiger partial charge is 0.432 e. The lowest BCUT2D eigenvalue weighted by atomic mass is 9.79. The Morgan fingerprint density at radius 1 is 0.828 bits per heavy atom. The highest BCUT2D eigenvalue weighted by molar-refractivity contribution is 5.33. The van der Waals surface area contributed by atoms with Crippen LogP contribution in [0.2, 0.25) is 0 Å². The van der Waals surface area contributed by atoms with E-state index in [1.165, 1.54) is 0 Å². The minimum Gasteiger partial charge on any atom is -0.429 e. The van der Waals surface area contributed by atoms with Gasteiger partial charge in [-0.2, -0.15) is 8.78 Å². The van der Waals surface area contributed by atoms with Crippen molar-refractivity contribution in [1.82, 2.24) is 0 Å². The molecule has 8 heteroatoms. The van der Waals surface area contributed by atoms with E-state index in [-0.39, 0.29) is 32.5 Å². The van der Waals surface area contributed by atoms with E-state index in [0.29, 0.717) is 18.8 Å². The van der Waals surface area contributed by atoms with Crippen molar-refractivity contribution < 1.29 is 36.9 Å². The van der Waals surface area contributed by atoms with E-state index < -0.39 is 46.5 Å². The van der Waals surface area contributed by atoms with E-state index in [1.54, 1.807) is 0 Å². The maximum atomic E-state index is 14.4. The van der Waals surface area contributed by atoms with Gasteiger partial charge in [0, 0.05) is 13.6 Å². The van der Waals surface area contributed by atoms with Gasteiger partial charge in [0.25, 0.3) is 0 Å². The van der Waals surface area contributed by atoms with Crippen LogP contribution in [0.4, 0.5) is 30.7 Å².